The van der Waals surface area contributed by atoms with Gasteiger partial charge >= 0.3 is 0 Å². The summed E-state index contributed by atoms with van der Waals surface area (Å²) in [6.07, 6.45) is 1.63. The number of rotatable bonds is 3. The van der Waals surface area contributed by atoms with Crippen molar-refractivity contribution >= 4 is 38.2 Å². The van der Waals surface area contributed by atoms with Crippen molar-refractivity contribution in [2.75, 3.05) is 4.72 Å². The first kappa shape index (κ1) is 13.0. The van der Waals surface area contributed by atoms with E-state index in [0.717, 1.165) is 5.39 Å². The maximum Gasteiger partial charge on any atom is 0.263 e. The van der Waals surface area contributed by atoms with Crippen LogP contribution in [0.25, 0.3) is 10.9 Å². The predicted octanol–water partition coefficient (Wildman–Crippen LogP) is 3.02. The highest BCUT2D eigenvalue weighted by Gasteiger charge is 2.18. The summed E-state index contributed by atoms with van der Waals surface area (Å²) < 4.78 is 27.2. The Morgan fingerprint density at radius 1 is 1.10 bits per heavy atom. The molecule has 0 bridgehead atoms. The van der Waals surface area contributed by atoms with Gasteiger partial charge in [0, 0.05) is 5.39 Å². The summed E-state index contributed by atoms with van der Waals surface area (Å²) in [5, 5.41) is 7.66. The number of nitrogens with zero attached hydrogens (tertiary/aromatic N) is 1. The van der Waals surface area contributed by atoms with Gasteiger partial charge < -0.3 is 0 Å². The van der Waals surface area contributed by atoms with Gasteiger partial charge in [0.2, 0.25) is 0 Å². The van der Waals surface area contributed by atoms with Gasteiger partial charge in [-0.25, -0.2) is 8.42 Å². The second-order valence-electron chi connectivity index (χ2n) is 4.18. The third-order valence-corrected chi connectivity index (χ3v) is 4.71. The molecule has 0 saturated heterocycles. The lowest BCUT2D eigenvalue weighted by Gasteiger charge is -2.09. The average molecular weight is 308 g/mol. The second-order valence-corrected chi connectivity index (χ2v) is 6.23. The SMILES string of the molecule is O=S(=O)(Nc1cccc2cn[nH]c12)c1ccccc1Cl. The van der Waals surface area contributed by atoms with Crippen molar-refractivity contribution in [3.8, 4) is 0 Å². The van der Waals surface area contributed by atoms with Gasteiger partial charge in [0.1, 0.15) is 4.90 Å². The summed E-state index contributed by atoms with van der Waals surface area (Å²) in [4.78, 5) is 0.0400. The minimum Gasteiger partial charge on any atom is -0.277 e. The highest BCUT2D eigenvalue weighted by molar-refractivity contribution is 7.92. The zero-order valence-corrected chi connectivity index (χ0v) is 11.7. The topological polar surface area (TPSA) is 74.8 Å². The quantitative estimate of drug-likeness (QED) is 0.781. The molecule has 0 atom stereocenters. The fourth-order valence-electron chi connectivity index (χ4n) is 1.92. The number of hydrogen-bond acceptors (Lipinski definition) is 3. The van der Waals surface area contributed by atoms with Crippen LogP contribution in [0.15, 0.2) is 53.6 Å². The number of fused-ring (bicyclic) bond motifs is 1. The Bertz CT molecular complexity index is 874. The van der Waals surface area contributed by atoms with Crippen LogP contribution in [0.5, 0.6) is 0 Å². The normalized spacial score (nSPS) is 11.7. The first-order chi connectivity index (χ1) is 9.58. The molecule has 0 saturated carbocycles. The molecule has 1 heterocycles. The van der Waals surface area contributed by atoms with Gasteiger partial charge in [-0.1, -0.05) is 35.9 Å². The average Bonchev–Trinajstić information content (AvgIpc) is 2.88. The van der Waals surface area contributed by atoms with E-state index in [2.05, 4.69) is 14.9 Å². The highest BCUT2D eigenvalue weighted by Crippen LogP contribution is 2.26. The number of benzene rings is 2. The fraction of sp³-hybridized carbons (Fsp3) is 0. The predicted molar refractivity (Wildman–Crippen MR) is 78.4 cm³/mol. The van der Waals surface area contributed by atoms with Gasteiger partial charge in [0.25, 0.3) is 10.0 Å². The van der Waals surface area contributed by atoms with E-state index in [1.165, 1.54) is 12.1 Å². The molecule has 3 rings (SSSR count). The van der Waals surface area contributed by atoms with Crippen molar-refractivity contribution in [2.45, 2.75) is 4.90 Å². The van der Waals surface area contributed by atoms with Crippen LogP contribution in [0.4, 0.5) is 5.69 Å². The van der Waals surface area contributed by atoms with E-state index in [1.807, 2.05) is 6.07 Å². The number of aromatic nitrogens is 2. The molecule has 7 heteroatoms. The Kier molecular flexibility index (Phi) is 3.11. The van der Waals surface area contributed by atoms with Crippen LogP contribution in [0.2, 0.25) is 5.02 Å². The van der Waals surface area contributed by atoms with Crippen molar-refractivity contribution < 1.29 is 8.42 Å². The molecule has 1 aromatic heterocycles. The van der Waals surface area contributed by atoms with Crippen LogP contribution in [-0.2, 0) is 10.0 Å². The van der Waals surface area contributed by atoms with Gasteiger partial charge in [-0.2, -0.15) is 5.10 Å². The Labute approximate surface area is 120 Å². The van der Waals surface area contributed by atoms with E-state index >= 15 is 0 Å². The molecule has 0 radical (unpaired) electrons. The molecule has 0 amide bonds. The maximum absolute atomic E-state index is 12.4. The third-order valence-electron chi connectivity index (χ3n) is 2.85. The van der Waals surface area contributed by atoms with E-state index in [1.54, 1.807) is 30.5 Å². The van der Waals surface area contributed by atoms with Crippen molar-refractivity contribution in [3.63, 3.8) is 0 Å². The summed E-state index contributed by atoms with van der Waals surface area (Å²) in [6.45, 7) is 0. The van der Waals surface area contributed by atoms with Crippen LogP contribution < -0.4 is 4.72 Å². The van der Waals surface area contributed by atoms with Gasteiger partial charge in [0.05, 0.1) is 22.4 Å². The Morgan fingerprint density at radius 3 is 2.70 bits per heavy atom. The molecule has 20 heavy (non-hydrogen) atoms. The summed E-state index contributed by atoms with van der Waals surface area (Å²) in [5.74, 6) is 0. The fourth-order valence-corrected chi connectivity index (χ4v) is 3.51. The molecule has 102 valence electrons. The molecule has 0 fully saturated rings. The monoisotopic (exact) mass is 307 g/mol. The number of halogens is 1. The van der Waals surface area contributed by atoms with Crippen LogP contribution in [0.3, 0.4) is 0 Å². The maximum atomic E-state index is 12.4. The second kappa shape index (κ2) is 4.81. The molecule has 0 aliphatic heterocycles. The number of anilines is 1. The molecule has 0 aliphatic rings. The molecule has 2 aromatic carbocycles. The lowest BCUT2D eigenvalue weighted by atomic mass is 10.2. The van der Waals surface area contributed by atoms with Crippen LogP contribution in [0, 0.1) is 0 Å². The van der Waals surface area contributed by atoms with Crippen molar-refractivity contribution in [3.05, 3.63) is 53.7 Å². The molecular formula is C13H10ClN3O2S. The lowest BCUT2D eigenvalue weighted by molar-refractivity contribution is 0.601. The van der Waals surface area contributed by atoms with Gasteiger partial charge in [-0.15, -0.1) is 0 Å². The summed E-state index contributed by atoms with van der Waals surface area (Å²) in [7, 11) is -3.74. The molecule has 2 N–H and O–H groups in total. The van der Waals surface area contributed by atoms with Gasteiger partial charge in [-0.05, 0) is 18.2 Å². The zero-order chi connectivity index (χ0) is 14.2. The molecule has 5 nitrogen and oxygen atoms in total. The van der Waals surface area contributed by atoms with Crippen molar-refractivity contribution in [1.29, 1.82) is 0 Å². The molecule has 0 aliphatic carbocycles. The summed E-state index contributed by atoms with van der Waals surface area (Å²) in [5.41, 5.74) is 1.06. The largest absolute Gasteiger partial charge is 0.277 e. The Balaban J connectivity index is 2.06. The van der Waals surface area contributed by atoms with E-state index in [0.29, 0.717) is 11.2 Å². The summed E-state index contributed by atoms with van der Waals surface area (Å²) in [6, 6.07) is 11.5. The minimum atomic E-state index is -3.74. The van der Waals surface area contributed by atoms with Crippen LogP contribution >= 0.6 is 11.6 Å². The smallest absolute Gasteiger partial charge is 0.263 e. The standard InChI is InChI=1S/C13H10ClN3O2S/c14-10-5-1-2-7-12(10)20(18,19)17-11-6-3-4-9-8-15-16-13(9)11/h1-8,17H,(H,15,16). The Morgan fingerprint density at radius 2 is 1.90 bits per heavy atom. The number of aromatic amines is 1. The number of nitrogens with one attached hydrogen (secondary N) is 2. The molecule has 0 unspecified atom stereocenters. The number of hydrogen-bond donors (Lipinski definition) is 2. The summed E-state index contributed by atoms with van der Waals surface area (Å²) >= 11 is 5.93. The highest BCUT2D eigenvalue weighted by atomic mass is 35.5. The van der Waals surface area contributed by atoms with Crippen LogP contribution in [-0.4, -0.2) is 18.6 Å². The van der Waals surface area contributed by atoms with E-state index < -0.39 is 10.0 Å². The number of para-hydroxylation sites is 1. The first-order valence-electron chi connectivity index (χ1n) is 5.77. The molecule has 0 spiro atoms. The van der Waals surface area contributed by atoms with E-state index in [-0.39, 0.29) is 9.92 Å². The number of sulfonamides is 1. The first-order valence-corrected chi connectivity index (χ1v) is 7.63. The lowest BCUT2D eigenvalue weighted by Crippen LogP contribution is -2.13. The van der Waals surface area contributed by atoms with Gasteiger partial charge in [-0.3, -0.25) is 9.82 Å². The van der Waals surface area contributed by atoms with Crippen molar-refractivity contribution in [2.24, 2.45) is 0 Å². The van der Waals surface area contributed by atoms with E-state index in [4.69, 9.17) is 11.6 Å². The Hall–Kier alpha value is -2.05. The number of H-pyrrole nitrogens is 1. The minimum absolute atomic E-state index is 0.0400. The zero-order valence-electron chi connectivity index (χ0n) is 10.2. The van der Waals surface area contributed by atoms with Gasteiger partial charge in [0.15, 0.2) is 0 Å². The molecular weight excluding hydrogens is 298 g/mol. The third kappa shape index (κ3) is 2.23. The van der Waals surface area contributed by atoms with E-state index in [9.17, 15) is 8.42 Å². The molecule has 3 aromatic rings. The van der Waals surface area contributed by atoms with Crippen LogP contribution in [0.1, 0.15) is 0 Å². The van der Waals surface area contributed by atoms with Crippen molar-refractivity contribution in [1.82, 2.24) is 10.2 Å².